The Kier molecular flexibility index (Phi) is 7.06. The van der Waals surface area contributed by atoms with Crippen molar-refractivity contribution >= 4 is 5.91 Å². The summed E-state index contributed by atoms with van der Waals surface area (Å²) in [5.74, 6) is 0.714. The van der Waals surface area contributed by atoms with Gasteiger partial charge in [-0.3, -0.25) is 9.69 Å². The molecule has 2 rings (SSSR count). The number of carbonyl (C=O) groups excluding carboxylic acids is 1. The van der Waals surface area contributed by atoms with Gasteiger partial charge in [0.05, 0.1) is 6.61 Å². The molecule has 1 saturated heterocycles. The zero-order valence-corrected chi connectivity index (χ0v) is 14.7. The molecule has 1 amide bonds. The van der Waals surface area contributed by atoms with Gasteiger partial charge in [-0.05, 0) is 32.0 Å². The lowest BCUT2D eigenvalue weighted by atomic mass is 10.0. The average molecular weight is 318 g/mol. The first-order valence-electron chi connectivity index (χ1n) is 8.86. The number of nitrogens with zero attached hydrogens (tertiary/aromatic N) is 2. The van der Waals surface area contributed by atoms with Gasteiger partial charge in [0.15, 0.2) is 0 Å². The van der Waals surface area contributed by atoms with E-state index >= 15 is 0 Å². The third-order valence-corrected chi connectivity index (χ3v) is 4.68. The molecule has 1 aliphatic rings. The lowest BCUT2D eigenvalue weighted by Gasteiger charge is -2.32. The smallest absolute Gasteiger partial charge is 0.244 e. The molecule has 1 aliphatic heterocycles. The van der Waals surface area contributed by atoms with E-state index in [1.807, 2.05) is 30.0 Å². The molecule has 2 atom stereocenters. The molecule has 0 aromatic heterocycles. The second-order valence-corrected chi connectivity index (χ2v) is 6.13. The van der Waals surface area contributed by atoms with Gasteiger partial charge in [0.25, 0.3) is 0 Å². The maximum absolute atomic E-state index is 13.2. The van der Waals surface area contributed by atoms with Crippen LogP contribution in [0.1, 0.15) is 38.8 Å². The maximum Gasteiger partial charge on any atom is 0.244 e. The maximum atomic E-state index is 13.2. The first-order chi connectivity index (χ1) is 11.2. The number of rotatable bonds is 8. The molecule has 0 spiro atoms. The molecule has 0 aliphatic carbocycles. The summed E-state index contributed by atoms with van der Waals surface area (Å²) in [5.41, 5.74) is 1.09. The molecule has 0 N–H and O–H groups in total. The Hall–Kier alpha value is -1.39. The molecule has 23 heavy (non-hydrogen) atoms. The lowest BCUT2D eigenvalue weighted by Crippen LogP contribution is -2.42. The molecule has 1 fully saturated rings. The van der Waals surface area contributed by atoms with Crippen LogP contribution >= 0.6 is 0 Å². The molecule has 128 valence electrons. The van der Waals surface area contributed by atoms with Crippen LogP contribution in [0.4, 0.5) is 0 Å². The predicted octanol–water partition coefficient (Wildman–Crippen LogP) is 2.95. The summed E-state index contributed by atoms with van der Waals surface area (Å²) in [4.78, 5) is 17.4. The Morgan fingerprint density at radius 3 is 2.57 bits per heavy atom. The summed E-state index contributed by atoms with van der Waals surface area (Å²) in [6.45, 7) is 11.2. The van der Waals surface area contributed by atoms with Gasteiger partial charge in [-0.2, -0.15) is 0 Å². The predicted molar refractivity (Wildman–Crippen MR) is 93.3 cm³/mol. The van der Waals surface area contributed by atoms with E-state index in [9.17, 15) is 4.79 Å². The second-order valence-electron chi connectivity index (χ2n) is 6.13. The summed E-state index contributed by atoms with van der Waals surface area (Å²) in [6, 6.07) is 9.99. The van der Waals surface area contributed by atoms with Crippen LogP contribution in [0.5, 0.6) is 0 Å². The molecule has 1 aromatic carbocycles. The number of carbonyl (C=O) groups is 1. The van der Waals surface area contributed by atoms with E-state index in [-0.39, 0.29) is 11.9 Å². The Bertz CT molecular complexity index is 474. The minimum Gasteiger partial charge on any atom is -0.381 e. The Labute approximate surface area is 140 Å². The molecular formula is C19H30N2O2. The zero-order chi connectivity index (χ0) is 16.7. The minimum atomic E-state index is -0.169. The van der Waals surface area contributed by atoms with Crippen molar-refractivity contribution in [3.63, 3.8) is 0 Å². The molecule has 0 unspecified atom stereocenters. The van der Waals surface area contributed by atoms with E-state index in [0.29, 0.717) is 5.92 Å². The van der Waals surface area contributed by atoms with Crippen LogP contribution in [0.15, 0.2) is 30.3 Å². The Morgan fingerprint density at radius 2 is 1.96 bits per heavy atom. The number of benzene rings is 1. The van der Waals surface area contributed by atoms with Gasteiger partial charge in [0.2, 0.25) is 5.91 Å². The van der Waals surface area contributed by atoms with E-state index in [4.69, 9.17) is 4.74 Å². The van der Waals surface area contributed by atoms with E-state index < -0.39 is 0 Å². The van der Waals surface area contributed by atoms with Crippen molar-refractivity contribution < 1.29 is 9.53 Å². The zero-order valence-electron chi connectivity index (χ0n) is 14.7. The number of hydrogen-bond donors (Lipinski definition) is 0. The van der Waals surface area contributed by atoms with Gasteiger partial charge in [0, 0.05) is 25.6 Å². The lowest BCUT2D eigenvalue weighted by molar-refractivity contribution is -0.136. The Balaban J connectivity index is 2.11. The first-order valence-corrected chi connectivity index (χ1v) is 8.86. The van der Waals surface area contributed by atoms with Gasteiger partial charge in [-0.25, -0.2) is 0 Å². The molecule has 0 radical (unpaired) electrons. The SMILES string of the molecule is CCOC[C@@H]1CCN(C(=O)[C@H](c2ccccc2)N(CC)CC)C1. The number of likely N-dealkylation sites (N-methyl/N-ethyl adjacent to an activating group) is 1. The highest BCUT2D eigenvalue weighted by Crippen LogP contribution is 2.26. The third-order valence-electron chi connectivity index (χ3n) is 4.68. The quantitative estimate of drug-likeness (QED) is 0.739. The highest BCUT2D eigenvalue weighted by Gasteiger charge is 2.34. The van der Waals surface area contributed by atoms with Crippen molar-refractivity contribution in [3.8, 4) is 0 Å². The monoisotopic (exact) mass is 318 g/mol. The molecule has 1 heterocycles. The van der Waals surface area contributed by atoms with E-state index in [2.05, 4.69) is 30.9 Å². The number of ether oxygens (including phenoxy) is 1. The summed E-state index contributed by atoms with van der Waals surface area (Å²) < 4.78 is 5.53. The highest BCUT2D eigenvalue weighted by atomic mass is 16.5. The van der Waals surface area contributed by atoms with Crippen LogP contribution in [-0.2, 0) is 9.53 Å². The number of likely N-dealkylation sites (tertiary alicyclic amines) is 1. The molecule has 0 saturated carbocycles. The fraction of sp³-hybridized carbons (Fsp3) is 0.632. The molecule has 4 nitrogen and oxygen atoms in total. The van der Waals surface area contributed by atoms with Gasteiger partial charge in [-0.15, -0.1) is 0 Å². The normalized spacial score (nSPS) is 19.3. The average Bonchev–Trinajstić information content (AvgIpc) is 3.07. The molecule has 0 bridgehead atoms. The van der Waals surface area contributed by atoms with Gasteiger partial charge in [0.1, 0.15) is 6.04 Å². The standard InChI is InChI=1S/C19H30N2O2/c1-4-20(5-2)18(17-10-8-7-9-11-17)19(22)21-13-12-16(14-21)15-23-6-3/h7-11,16,18H,4-6,12-15H2,1-3H3/t16-,18+/m1/s1. The number of hydrogen-bond acceptors (Lipinski definition) is 3. The number of amides is 1. The minimum absolute atomic E-state index is 0.169. The second kappa shape index (κ2) is 9.04. The molecule has 1 aromatic rings. The summed E-state index contributed by atoms with van der Waals surface area (Å²) in [5, 5.41) is 0. The van der Waals surface area contributed by atoms with Crippen molar-refractivity contribution in [2.75, 3.05) is 39.4 Å². The Morgan fingerprint density at radius 1 is 1.26 bits per heavy atom. The largest absolute Gasteiger partial charge is 0.381 e. The van der Waals surface area contributed by atoms with Crippen molar-refractivity contribution in [3.05, 3.63) is 35.9 Å². The van der Waals surface area contributed by atoms with Crippen LogP contribution in [-0.4, -0.2) is 55.1 Å². The summed E-state index contributed by atoms with van der Waals surface area (Å²) in [6.07, 6.45) is 1.05. The van der Waals surface area contributed by atoms with Gasteiger partial charge >= 0.3 is 0 Å². The van der Waals surface area contributed by atoms with Gasteiger partial charge < -0.3 is 9.64 Å². The fourth-order valence-electron chi connectivity index (χ4n) is 3.36. The van der Waals surface area contributed by atoms with E-state index in [1.54, 1.807) is 0 Å². The molecular weight excluding hydrogens is 288 g/mol. The van der Waals surface area contributed by atoms with E-state index in [0.717, 1.165) is 51.4 Å². The highest BCUT2D eigenvalue weighted by molar-refractivity contribution is 5.83. The molecule has 4 heteroatoms. The van der Waals surface area contributed by atoms with Crippen LogP contribution in [0.3, 0.4) is 0 Å². The topological polar surface area (TPSA) is 32.8 Å². The van der Waals surface area contributed by atoms with Crippen LogP contribution < -0.4 is 0 Å². The van der Waals surface area contributed by atoms with Crippen molar-refractivity contribution in [1.29, 1.82) is 0 Å². The summed E-state index contributed by atoms with van der Waals surface area (Å²) in [7, 11) is 0. The van der Waals surface area contributed by atoms with Crippen LogP contribution in [0.2, 0.25) is 0 Å². The summed E-state index contributed by atoms with van der Waals surface area (Å²) >= 11 is 0. The first kappa shape index (κ1) is 18.0. The fourth-order valence-corrected chi connectivity index (χ4v) is 3.36. The van der Waals surface area contributed by atoms with Crippen LogP contribution in [0, 0.1) is 5.92 Å². The van der Waals surface area contributed by atoms with Crippen molar-refractivity contribution in [1.82, 2.24) is 9.80 Å². The van der Waals surface area contributed by atoms with Crippen molar-refractivity contribution in [2.24, 2.45) is 5.92 Å². The van der Waals surface area contributed by atoms with E-state index in [1.165, 1.54) is 0 Å². The third kappa shape index (κ3) is 4.55. The van der Waals surface area contributed by atoms with Gasteiger partial charge in [-0.1, -0.05) is 44.2 Å². The van der Waals surface area contributed by atoms with Crippen LogP contribution in [0.25, 0.3) is 0 Å². The van der Waals surface area contributed by atoms with Crippen molar-refractivity contribution in [2.45, 2.75) is 33.2 Å².